The first kappa shape index (κ1) is 11.1. The molecule has 0 saturated carbocycles. The van der Waals surface area contributed by atoms with Crippen molar-refractivity contribution in [2.24, 2.45) is 11.8 Å². The number of fused-ring (bicyclic) bond motifs is 2. The minimum Gasteiger partial charge on any atom is -0.489 e. The van der Waals surface area contributed by atoms with Crippen molar-refractivity contribution >= 4 is 17.7 Å². The van der Waals surface area contributed by atoms with Crippen molar-refractivity contribution in [1.82, 2.24) is 14.9 Å². The molecular formula is C17H24ClN3O5. The van der Waals surface area contributed by atoms with E-state index in [0.717, 1.165) is 6.33 Å². The van der Waals surface area contributed by atoms with Crippen LogP contribution in [0.2, 0.25) is 5.15 Å². The van der Waals surface area contributed by atoms with E-state index >= 15 is 0 Å². The Labute approximate surface area is 169 Å². The molecule has 2 unspecified atom stereocenters. The van der Waals surface area contributed by atoms with E-state index in [9.17, 15) is 4.79 Å². The van der Waals surface area contributed by atoms with Crippen LogP contribution >= 0.6 is 11.6 Å². The maximum Gasteiger partial charge on any atom is 0.410 e. The first-order valence-electron chi connectivity index (χ1n) is 11.7. The van der Waals surface area contributed by atoms with Crippen LogP contribution in [0, 0.1) is 11.8 Å². The fourth-order valence-corrected chi connectivity index (χ4v) is 2.48. The molecule has 1 aromatic rings. The van der Waals surface area contributed by atoms with E-state index in [2.05, 4.69) is 9.97 Å². The van der Waals surface area contributed by atoms with Crippen molar-refractivity contribution in [3.05, 3.63) is 11.5 Å². The second-order valence-corrected chi connectivity index (χ2v) is 6.81. The Hall–Kier alpha value is -1.80. The molecule has 2 bridgehead atoms. The number of aromatic nitrogens is 2. The molecule has 1 amide bonds. The number of likely N-dealkylation sites (tertiary alicyclic amines) is 1. The lowest BCUT2D eigenvalue weighted by atomic mass is 9.84. The Bertz CT molecular complexity index is 943. The number of halogens is 1. The predicted octanol–water partition coefficient (Wildman–Crippen LogP) is 2.40. The maximum absolute atomic E-state index is 12.9. The maximum atomic E-state index is 12.9. The zero-order chi connectivity index (χ0) is 26.1. The third-order valence-electron chi connectivity index (χ3n) is 3.32. The summed E-state index contributed by atoms with van der Waals surface area (Å²) in [4.78, 5) is 20.6. The van der Waals surface area contributed by atoms with Crippen molar-refractivity contribution in [3.63, 3.8) is 0 Å². The average Bonchev–Trinajstić information content (AvgIpc) is 2.55. The van der Waals surface area contributed by atoms with Gasteiger partial charge >= 0.3 is 6.09 Å². The van der Waals surface area contributed by atoms with Gasteiger partial charge < -0.3 is 23.8 Å². The highest BCUT2D eigenvalue weighted by Gasteiger charge is 2.44. The molecule has 0 spiro atoms. The van der Waals surface area contributed by atoms with Crippen molar-refractivity contribution in [3.8, 4) is 11.6 Å². The zero-order valence-corrected chi connectivity index (χ0v) is 15.3. The van der Waals surface area contributed by atoms with Crippen LogP contribution in [0.25, 0.3) is 0 Å². The largest absolute Gasteiger partial charge is 0.489 e. The van der Waals surface area contributed by atoms with Gasteiger partial charge in [-0.1, -0.05) is 11.6 Å². The molecule has 3 heterocycles. The van der Waals surface area contributed by atoms with Crippen LogP contribution in [0.15, 0.2) is 6.33 Å². The molecule has 3 rings (SSSR count). The smallest absolute Gasteiger partial charge is 0.410 e. The Balaban J connectivity index is 2.21. The van der Waals surface area contributed by atoms with Gasteiger partial charge in [0.25, 0.3) is 5.88 Å². The van der Waals surface area contributed by atoms with Gasteiger partial charge in [-0.25, -0.2) is 9.78 Å². The minimum absolute atomic E-state index is 0.0722. The number of amides is 1. The first-order chi connectivity index (χ1) is 15.3. The van der Waals surface area contributed by atoms with Crippen LogP contribution in [0.4, 0.5) is 4.79 Å². The molecule has 0 aliphatic carbocycles. The van der Waals surface area contributed by atoms with E-state index in [1.165, 1.54) is 27.9 Å². The van der Waals surface area contributed by atoms with Crippen LogP contribution in [0.3, 0.4) is 0 Å². The minimum atomic E-state index is -3.11. The molecule has 144 valence electrons. The van der Waals surface area contributed by atoms with E-state index in [-0.39, 0.29) is 15.8 Å². The number of methoxy groups -OCH3 is 1. The lowest BCUT2D eigenvalue weighted by Crippen LogP contribution is -2.59. The summed E-state index contributed by atoms with van der Waals surface area (Å²) in [6.07, 6.45) is -2.33. The molecule has 0 aromatic carbocycles. The molecule has 26 heavy (non-hydrogen) atoms. The molecule has 2 aliphatic rings. The van der Waals surface area contributed by atoms with Crippen molar-refractivity contribution in [1.29, 1.82) is 0 Å². The van der Waals surface area contributed by atoms with Gasteiger partial charge in [0.1, 0.15) is 18.0 Å². The number of nitrogens with zero attached hydrogens (tertiary/aromatic N) is 3. The third-order valence-corrected chi connectivity index (χ3v) is 3.59. The van der Waals surface area contributed by atoms with Crippen LogP contribution < -0.4 is 9.47 Å². The van der Waals surface area contributed by atoms with Gasteiger partial charge in [0.15, 0.2) is 5.15 Å². The topological polar surface area (TPSA) is 83.0 Å². The van der Waals surface area contributed by atoms with Crippen LogP contribution in [-0.4, -0.2) is 65.9 Å². The third kappa shape index (κ3) is 4.12. The standard InChI is InChI=1S/C17H24ClN3O5/c1-17(2,3)26-16(22)21-5-10-7-24-8-11(6-21)12(10)25-15-13(23-4)14(18)19-9-20-15/h9-12H,5-8H2,1-4H3/i5D2,6D2,7D2,8D2. The van der Waals surface area contributed by atoms with Gasteiger partial charge in [-0.3, -0.25) is 0 Å². The van der Waals surface area contributed by atoms with Crippen molar-refractivity contribution in [2.45, 2.75) is 32.5 Å². The van der Waals surface area contributed by atoms with Crippen LogP contribution in [-0.2, 0) is 9.47 Å². The molecular weight excluding hydrogens is 362 g/mol. The lowest BCUT2D eigenvalue weighted by molar-refractivity contribution is -0.113. The first-order valence-corrected chi connectivity index (χ1v) is 8.10. The molecule has 9 heteroatoms. The number of rotatable bonds is 3. The number of carbonyl (C=O) groups excluding carboxylic acids is 1. The molecule has 2 aliphatic heterocycles. The van der Waals surface area contributed by atoms with Crippen molar-refractivity contribution < 1.29 is 34.7 Å². The second-order valence-electron chi connectivity index (χ2n) is 6.45. The highest BCUT2D eigenvalue weighted by atomic mass is 35.5. The zero-order valence-electron chi connectivity index (χ0n) is 22.6. The quantitative estimate of drug-likeness (QED) is 0.729. The molecule has 2 saturated heterocycles. The van der Waals surface area contributed by atoms with E-state index in [1.807, 2.05) is 0 Å². The van der Waals surface area contributed by atoms with Gasteiger partial charge in [0.05, 0.1) is 31.2 Å². The SMILES string of the molecule is [2H]C1([2H])OC([2H])([2H])C2C(Oc3ncnc(Cl)c3OC)C1C([2H])([2H])N(C(=O)OC(C)(C)C)C2([2H])[2H]. The van der Waals surface area contributed by atoms with Gasteiger partial charge in [-0.05, 0) is 20.8 Å². The Morgan fingerprint density at radius 1 is 1.35 bits per heavy atom. The van der Waals surface area contributed by atoms with Crippen LogP contribution in [0.5, 0.6) is 11.6 Å². The monoisotopic (exact) mass is 393 g/mol. The van der Waals surface area contributed by atoms with E-state index in [0.29, 0.717) is 0 Å². The number of carbonyl (C=O) groups is 1. The van der Waals surface area contributed by atoms with E-state index < -0.39 is 61.6 Å². The fraction of sp³-hybridized carbons (Fsp3) is 0.706. The number of piperidine rings is 1. The molecule has 1 aromatic heterocycles. The Kier molecular flexibility index (Phi) is 3.19. The van der Waals surface area contributed by atoms with Gasteiger partial charge in [-0.2, -0.15) is 4.98 Å². The highest BCUT2D eigenvalue weighted by molar-refractivity contribution is 6.31. The Morgan fingerprint density at radius 3 is 2.58 bits per heavy atom. The summed E-state index contributed by atoms with van der Waals surface area (Å²) >= 11 is 5.97. The van der Waals surface area contributed by atoms with Gasteiger partial charge in [0, 0.05) is 24.8 Å². The summed E-state index contributed by atoms with van der Waals surface area (Å²) in [5, 5.41) is -0.197. The number of ether oxygens (including phenoxy) is 4. The summed E-state index contributed by atoms with van der Waals surface area (Å²) in [6.45, 7) is -7.89. The molecule has 0 radical (unpaired) electrons. The molecule has 0 N–H and O–H groups in total. The predicted molar refractivity (Wildman–Crippen MR) is 93.6 cm³/mol. The highest BCUT2D eigenvalue weighted by Crippen LogP contribution is 2.36. The normalized spacial score (nSPS) is 37.9. The van der Waals surface area contributed by atoms with E-state index in [4.69, 9.17) is 41.5 Å². The summed E-state index contributed by atoms with van der Waals surface area (Å²) in [5.41, 5.74) is -1.15. The van der Waals surface area contributed by atoms with Gasteiger partial charge in [-0.15, -0.1) is 0 Å². The molecule has 2 atom stereocenters. The summed E-state index contributed by atoms with van der Waals surface area (Å²) < 4.78 is 88.5. The van der Waals surface area contributed by atoms with Crippen LogP contribution in [0.1, 0.15) is 31.7 Å². The summed E-state index contributed by atoms with van der Waals surface area (Å²) in [5.74, 6) is -4.71. The summed E-state index contributed by atoms with van der Waals surface area (Å²) in [7, 11) is 1.21. The van der Waals surface area contributed by atoms with Crippen molar-refractivity contribution in [2.75, 3.05) is 33.2 Å². The molecule has 2 fully saturated rings. The van der Waals surface area contributed by atoms with E-state index in [1.54, 1.807) is 0 Å². The number of hydrogen-bond donors (Lipinski definition) is 0. The average molecular weight is 394 g/mol. The molecule has 8 nitrogen and oxygen atoms in total. The second kappa shape index (κ2) is 7.44. The number of hydrogen-bond acceptors (Lipinski definition) is 7. The van der Waals surface area contributed by atoms with Gasteiger partial charge in [0.2, 0.25) is 5.75 Å². The lowest BCUT2D eigenvalue weighted by Gasteiger charge is -2.46. The Morgan fingerprint density at radius 2 is 2.00 bits per heavy atom. The summed E-state index contributed by atoms with van der Waals surface area (Å²) in [6, 6.07) is 0. The fourth-order valence-electron chi connectivity index (χ4n) is 2.27.